The highest BCUT2D eigenvalue weighted by Gasteiger charge is 2.36. The van der Waals surface area contributed by atoms with Gasteiger partial charge in [-0.3, -0.25) is 9.78 Å². The number of nitrogens with two attached hydrogens (primary N) is 1. The molecule has 0 unspecified atom stereocenters. The van der Waals surface area contributed by atoms with Crippen LogP contribution in [0.1, 0.15) is 34.8 Å². The van der Waals surface area contributed by atoms with Crippen LogP contribution in [0.25, 0.3) is 0 Å². The summed E-state index contributed by atoms with van der Waals surface area (Å²) < 4.78 is 9.12. The van der Waals surface area contributed by atoms with Crippen molar-refractivity contribution in [3.8, 4) is 5.75 Å². The lowest BCUT2D eigenvalue weighted by Crippen LogP contribution is -2.41. The maximum absolute atomic E-state index is 12.5. The second-order valence-corrected chi connectivity index (χ2v) is 6.24. The minimum absolute atomic E-state index is 0.149. The molecule has 1 atom stereocenters. The van der Waals surface area contributed by atoms with Gasteiger partial charge in [0, 0.05) is 11.6 Å². The lowest BCUT2D eigenvalue weighted by atomic mass is 9.75. The van der Waals surface area contributed by atoms with Gasteiger partial charge in [0.15, 0.2) is 0 Å². The van der Waals surface area contributed by atoms with Gasteiger partial charge < -0.3 is 20.9 Å². The van der Waals surface area contributed by atoms with E-state index in [0.717, 1.165) is 17.1 Å². The second-order valence-electron chi connectivity index (χ2n) is 5.61. The largest absolute Gasteiger partial charge is 0.495 e. The normalized spacial score (nSPS) is 21.3. The number of hydrogen-bond donors (Lipinski definition) is 3. The van der Waals surface area contributed by atoms with Gasteiger partial charge in [0.25, 0.3) is 5.91 Å². The predicted molar refractivity (Wildman–Crippen MR) is 86.3 cm³/mol. The molecule has 4 N–H and O–H groups in total. The summed E-state index contributed by atoms with van der Waals surface area (Å²) in [4.78, 5) is 16.6. The molecule has 1 amide bonds. The molecule has 0 spiro atoms. The Bertz CT molecular complexity index is 700. The van der Waals surface area contributed by atoms with E-state index < -0.39 is 0 Å². The highest BCUT2D eigenvalue weighted by Crippen LogP contribution is 2.38. The van der Waals surface area contributed by atoms with E-state index in [1.54, 1.807) is 24.9 Å². The fraction of sp³-hybridized carbons (Fsp3) is 0.400. The van der Waals surface area contributed by atoms with E-state index in [9.17, 15) is 9.90 Å². The fourth-order valence-electron chi connectivity index (χ4n) is 2.73. The zero-order valence-electron chi connectivity index (χ0n) is 12.6. The molecule has 0 radical (unpaired) electrons. The van der Waals surface area contributed by atoms with Crippen molar-refractivity contribution in [2.75, 3.05) is 12.8 Å². The summed E-state index contributed by atoms with van der Waals surface area (Å²) in [5.74, 6) is 0.725. The molecule has 0 saturated heterocycles. The first kappa shape index (κ1) is 15.7. The molecular weight excluding hydrogens is 316 g/mol. The number of amides is 1. The van der Waals surface area contributed by atoms with Crippen LogP contribution in [0.5, 0.6) is 5.75 Å². The van der Waals surface area contributed by atoms with E-state index in [1.807, 2.05) is 6.07 Å². The summed E-state index contributed by atoms with van der Waals surface area (Å²) >= 11 is 1.14. The number of ether oxygens (including phenoxy) is 1. The van der Waals surface area contributed by atoms with Crippen LogP contribution in [0.2, 0.25) is 0 Å². The van der Waals surface area contributed by atoms with Gasteiger partial charge in [-0.15, -0.1) is 0 Å². The topological polar surface area (TPSA) is 110 Å². The number of carbonyl (C=O) groups is 1. The Hall–Kier alpha value is -2.19. The number of nitrogens with zero attached hydrogens (tertiary/aromatic N) is 2. The number of aliphatic hydroxyl groups is 1. The Morgan fingerprint density at radius 1 is 1.52 bits per heavy atom. The quantitative estimate of drug-likeness (QED) is 0.762. The van der Waals surface area contributed by atoms with Crippen molar-refractivity contribution in [3.63, 3.8) is 0 Å². The van der Waals surface area contributed by atoms with E-state index in [2.05, 4.69) is 14.7 Å². The van der Waals surface area contributed by atoms with Crippen LogP contribution in [0, 0.1) is 5.92 Å². The zero-order valence-corrected chi connectivity index (χ0v) is 13.4. The standard InChI is InChI=1S/C15H18N4O3S/c1-22-11-4-9(5-17-6-11)13(8-2-10(20)3-8)18-15(21)12-7-23-19-14(12)16/h4-8,10,13,20H,2-3H2,1H3,(H2,16,19)(H,18,21)/t8?,10?,13-/m0/s1. The molecule has 1 aliphatic carbocycles. The van der Waals surface area contributed by atoms with Gasteiger partial charge in [-0.05, 0) is 41.9 Å². The molecule has 2 aromatic rings. The molecule has 23 heavy (non-hydrogen) atoms. The average molecular weight is 334 g/mol. The minimum atomic E-state index is -0.314. The Balaban J connectivity index is 1.84. The molecule has 2 aromatic heterocycles. The third-order valence-corrected chi connectivity index (χ3v) is 4.72. The number of anilines is 1. The Morgan fingerprint density at radius 2 is 2.30 bits per heavy atom. The molecule has 7 nitrogen and oxygen atoms in total. The third kappa shape index (κ3) is 3.27. The Kier molecular flexibility index (Phi) is 4.44. The van der Waals surface area contributed by atoms with Crippen molar-refractivity contribution in [1.82, 2.24) is 14.7 Å². The monoisotopic (exact) mass is 334 g/mol. The maximum Gasteiger partial charge on any atom is 0.256 e. The van der Waals surface area contributed by atoms with E-state index in [4.69, 9.17) is 10.5 Å². The molecule has 1 aliphatic rings. The number of nitrogen functional groups attached to an aromatic ring is 1. The number of hydrogen-bond acceptors (Lipinski definition) is 7. The molecule has 0 bridgehead atoms. The Morgan fingerprint density at radius 3 is 2.91 bits per heavy atom. The zero-order chi connectivity index (χ0) is 16.4. The fourth-order valence-corrected chi connectivity index (χ4v) is 3.32. The van der Waals surface area contributed by atoms with Crippen LogP contribution in [-0.4, -0.2) is 33.6 Å². The van der Waals surface area contributed by atoms with Gasteiger partial charge in [0.2, 0.25) is 0 Å². The second kappa shape index (κ2) is 6.51. The maximum atomic E-state index is 12.5. The minimum Gasteiger partial charge on any atom is -0.495 e. The summed E-state index contributed by atoms with van der Waals surface area (Å²) in [7, 11) is 1.57. The first-order valence-corrected chi connectivity index (χ1v) is 8.10. The van der Waals surface area contributed by atoms with E-state index in [-0.39, 0.29) is 29.8 Å². The molecule has 1 fully saturated rings. The van der Waals surface area contributed by atoms with Crippen LogP contribution in [0.3, 0.4) is 0 Å². The number of rotatable bonds is 5. The SMILES string of the molecule is COc1cncc([C@@H](NC(=O)c2csnc2N)C2CC(O)C2)c1. The summed E-state index contributed by atoms with van der Waals surface area (Å²) in [6.45, 7) is 0. The summed E-state index contributed by atoms with van der Waals surface area (Å²) in [6.07, 6.45) is 4.27. The first-order chi connectivity index (χ1) is 11.1. The molecule has 0 aliphatic heterocycles. The highest BCUT2D eigenvalue weighted by molar-refractivity contribution is 7.04. The highest BCUT2D eigenvalue weighted by atomic mass is 32.1. The number of carbonyl (C=O) groups excluding carboxylic acids is 1. The van der Waals surface area contributed by atoms with Crippen LogP contribution < -0.4 is 15.8 Å². The molecule has 2 heterocycles. The molecule has 122 valence electrons. The molecular formula is C15H18N4O3S. The number of methoxy groups -OCH3 is 1. The average Bonchev–Trinajstić information content (AvgIpc) is 2.96. The lowest BCUT2D eigenvalue weighted by molar-refractivity contribution is 0.0234. The number of aliphatic hydroxyl groups excluding tert-OH is 1. The van der Waals surface area contributed by atoms with Gasteiger partial charge >= 0.3 is 0 Å². The number of aromatic nitrogens is 2. The first-order valence-electron chi connectivity index (χ1n) is 7.26. The van der Waals surface area contributed by atoms with Crippen molar-refractivity contribution in [3.05, 3.63) is 35.0 Å². The van der Waals surface area contributed by atoms with Crippen molar-refractivity contribution < 1.29 is 14.6 Å². The van der Waals surface area contributed by atoms with Crippen molar-refractivity contribution >= 4 is 23.3 Å². The van der Waals surface area contributed by atoms with Crippen molar-refractivity contribution in [1.29, 1.82) is 0 Å². The molecule has 3 rings (SSSR count). The van der Waals surface area contributed by atoms with E-state index >= 15 is 0 Å². The van der Waals surface area contributed by atoms with E-state index in [0.29, 0.717) is 24.2 Å². The lowest BCUT2D eigenvalue weighted by Gasteiger charge is -2.38. The van der Waals surface area contributed by atoms with Crippen LogP contribution in [0.4, 0.5) is 5.82 Å². The third-order valence-electron chi connectivity index (χ3n) is 4.08. The van der Waals surface area contributed by atoms with Crippen LogP contribution >= 0.6 is 11.5 Å². The van der Waals surface area contributed by atoms with E-state index in [1.165, 1.54) is 0 Å². The van der Waals surface area contributed by atoms with Crippen molar-refractivity contribution in [2.24, 2.45) is 5.92 Å². The summed E-state index contributed by atoms with van der Waals surface area (Å²) in [6, 6.07) is 1.59. The van der Waals surface area contributed by atoms with Gasteiger partial charge in [-0.25, -0.2) is 0 Å². The van der Waals surface area contributed by atoms with Gasteiger partial charge in [0.05, 0.1) is 31.0 Å². The summed E-state index contributed by atoms with van der Waals surface area (Å²) in [5.41, 5.74) is 6.93. The molecule has 1 saturated carbocycles. The van der Waals surface area contributed by atoms with Gasteiger partial charge in [-0.2, -0.15) is 4.37 Å². The number of pyridine rings is 1. The van der Waals surface area contributed by atoms with Gasteiger partial charge in [0.1, 0.15) is 11.6 Å². The van der Waals surface area contributed by atoms with Crippen LogP contribution in [0.15, 0.2) is 23.8 Å². The predicted octanol–water partition coefficient (Wildman–Crippen LogP) is 1.37. The molecule has 8 heteroatoms. The summed E-state index contributed by atoms with van der Waals surface area (Å²) in [5, 5.41) is 14.2. The van der Waals surface area contributed by atoms with Crippen LogP contribution in [-0.2, 0) is 0 Å². The Labute approximate surface area is 137 Å². The molecule has 0 aromatic carbocycles. The van der Waals surface area contributed by atoms with Crippen molar-refractivity contribution in [2.45, 2.75) is 25.0 Å². The number of nitrogens with one attached hydrogen (secondary N) is 1. The van der Waals surface area contributed by atoms with Gasteiger partial charge in [-0.1, -0.05) is 0 Å². The smallest absolute Gasteiger partial charge is 0.256 e.